The molecule has 0 bridgehead atoms. The van der Waals surface area contributed by atoms with Crippen LogP contribution in [0.1, 0.15) is 10.6 Å². The van der Waals surface area contributed by atoms with Crippen molar-refractivity contribution < 1.29 is 4.79 Å². The maximum absolute atomic E-state index is 11.6. The Morgan fingerprint density at radius 3 is 2.83 bits per heavy atom. The van der Waals surface area contributed by atoms with E-state index in [1.807, 2.05) is 30.3 Å². The molecule has 0 aliphatic heterocycles. The van der Waals surface area contributed by atoms with Crippen LogP contribution in [0.2, 0.25) is 0 Å². The summed E-state index contributed by atoms with van der Waals surface area (Å²) in [5, 5.41) is 4.91. The molecule has 3 nitrogen and oxygen atoms in total. The first kappa shape index (κ1) is 12.1. The fraction of sp³-hybridized carbons (Fsp3) is 0. The summed E-state index contributed by atoms with van der Waals surface area (Å²) in [6.45, 7) is 0. The third-order valence-electron chi connectivity index (χ3n) is 2.11. The summed E-state index contributed by atoms with van der Waals surface area (Å²) in [6, 6.07) is 9.59. The van der Waals surface area contributed by atoms with Crippen molar-refractivity contribution >= 4 is 29.1 Å². The van der Waals surface area contributed by atoms with Crippen molar-refractivity contribution in [2.45, 2.75) is 0 Å². The monoisotopic (exact) mass is 254 g/mol. The first-order chi connectivity index (χ1) is 8.78. The van der Waals surface area contributed by atoms with Crippen molar-refractivity contribution in [2.75, 3.05) is 5.32 Å². The molecule has 1 aromatic carbocycles. The van der Waals surface area contributed by atoms with E-state index in [9.17, 15) is 4.79 Å². The molecule has 4 heteroatoms. The van der Waals surface area contributed by atoms with Gasteiger partial charge in [-0.15, -0.1) is 17.8 Å². The number of benzene rings is 1. The van der Waals surface area contributed by atoms with Crippen LogP contribution in [-0.4, -0.2) is 10.9 Å². The molecule has 1 aromatic heterocycles. The molecule has 0 aliphatic rings. The quantitative estimate of drug-likeness (QED) is 0.676. The number of amides is 1. The minimum Gasteiger partial charge on any atom is -0.306 e. The highest BCUT2D eigenvalue weighted by atomic mass is 32.1. The summed E-state index contributed by atoms with van der Waals surface area (Å²) >= 11 is 1.32. The van der Waals surface area contributed by atoms with E-state index in [1.165, 1.54) is 17.4 Å². The minimum absolute atomic E-state index is 0.229. The molecule has 18 heavy (non-hydrogen) atoms. The highest BCUT2D eigenvalue weighted by Crippen LogP contribution is 2.12. The SMILES string of the molecule is C#Cc1nc(NC(=O)C=Cc2ccccc2)cs1. The van der Waals surface area contributed by atoms with E-state index < -0.39 is 0 Å². The highest BCUT2D eigenvalue weighted by molar-refractivity contribution is 7.10. The van der Waals surface area contributed by atoms with Crippen molar-refractivity contribution in [3.63, 3.8) is 0 Å². The molecule has 0 atom stereocenters. The first-order valence-corrected chi connectivity index (χ1v) is 6.12. The Balaban J connectivity index is 1.97. The van der Waals surface area contributed by atoms with Crippen LogP contribution in [0, 0.1) is 12.3 Å². The largest absolute Gasteiger partial charge is 0.306 e. The van der Waals surface area contributed by atoms with E-state index in [0.717, 1.165) is 5.56 Å². The van der Waals surface area contributed by atoms with E-state index in [2.05, 4.69) is 16.2 Å². The summed E-state index contributed by atoms with van der Waals surface area (Å²) in [4.78, 5) is 15.6. The predicted molar refractivity (Wildman–Crippen MR) is 74.2 cm³/mol. The van der Waals surface area contributed by atoms with Gasteiger partial charge in [0.2, 0.25) is 5.91 Å². The van der Waals surface area contributed by atoms with Gasteiger partial charge in [-0.3, -0.25) is 4.79 Å². The van der Waals surface area contributed by atoms with Crippen molar-refractivity contribution in [1.29, 1.82) is 0 Å². The zero-order valence-electron chi connectivity index (χ0n) is 9.46. The van der Waals surface area contributed by atoms with Crippen LogP contribution >= 0.6 is 11.3 Å². The molecule has 88 valence electrons. The summed E-state index contributed by atoms with van der Waals surface area (Å²) < 4.78 is 0. The third kappa shape index (κ3) is 3.30. The van der Waals surface area contributed by atoms with Crippen molar-refractivity contribution in [3.8, 4) is 12.3 Å². The number of anilines is 1. The Bertz CT molecular complexity index is 608. The Morgan fingerprint density at radius 1 is 1.39 bits per heavy atom. The van der Waals surface area contributed by atoms with Gasteiger partial charge in [-0.05, 0) is 17.6 Å². The minimum atomic E-state index is -0.229. The lowest BCUT2D eigenvalue weighted by Crippen LogP contribution is -2.07. The van der Waals surface area contributed by atoms with E-state index in [1.54, 1.807) is 11.5 Å². The van der Waals surface area contributed by atoms with E-state index in [4.69, 9.17) is 6.42 Å². The summed E-state index contributed by atoms with van der Waals surface area (Å²) in [5.41, 5.74) is 0.968. The Morgan fingerprint density at radius 2 is 2.17 bits per heavy atom. The number of hydrogen-bond acceptors (Lipinski definition) is 3. The fourth-order valence-corrected chi connectivity index (χ4v) is 1.86. The molecule has 0 aliphatic carbocycles. The number of nitrogens with one attached hydrogen (secondary N) is 1. The molecule has 0 saturated heterocycles. The lowest BCUT2D eigenvalue weighted by atomic mass is 10.2. The zero-order chi connectivity index (χ0) is 12.8. The molecular formula is C14H10N2OS. The Hall–Kier alpha value is -2.38. The van der Waals surface area contributed by atoms with Crippen LogP contribution < -0.4 is 5.32 Å². The number of nitrogens with zero attached hydrogens (tertiary/aromatic N) is 1. The van der Waals surface area contributed by atoms with Gasteiger partial charge < -0.3 is 5.32 Å². The van der Waals surface area contributed by atoms with Gasteiger partial charge in [-0.2, -0.15) is 0 Å². The molecule has 2 aromatic rings. The van der Waals surface area contributed by atoms with Gasteiger partial charge in [-0.1, -0.05) is 30.3 Å². The van der Waals surface area contributed by atoms with Crippen LogP contribution in [0.15, 0.2) is 41.8 Å². The number of aromatic nitrogens is 1. The standard InChI is InChI=1S/C14H10N2OS/c1-2-14-16-12(10-18-14)15-13(17)9-8-11-6-4-3-5-7-11/h1,3-10H,(H,15,17). The molecular weight excluding hydrogens is 244 g/mol. The van der Waals surface area contributed by atoms with E-state index in [-0.39, 0.29) is 5.91 Å². The van der Waals surface area contributed by atoms with E-state index in [0.29, 0.717) is 10.8 Å². The topological polar surface area (TPSA) is 42.0 Å². The number of carbonyl (C=O) groups excluding carboxylic acids is 1. The van der Waals surface area contributed by atoms with Crippen LogP contribution in [-0.2, 0) is 4.79 Å². The zero-order valence-corrected chi connectivity index (χ0v) is 10.3. The van der Waals surface area contributed by atoms with Crippen molar-refractivity contribution in [2.24, 2.45) is 0 Å². The van der Waals surface area contributed by atoms with Gasteiger partial charge in [0.1, 0.15) is 5.82 Å². The van der Waals surface area contributed by atoms with Crippen molar-refractivity contribution in [3.05, 3.63) is 52.4 Å². The molecule has 0 radical (unpaired) electrons. The first-order valence-electron chi connectivity index (χ1n) is 5.24. The fourth-order valence-electron chi connectivity index (χ4n) is 1.30. The lowest BCUT2D eigenvalue weighted by molar-refractivity contribution is -0.111. The molecule has 1 heterocycles. The van der Waals surface area contributed by atoms with Gasteiger partial charge >= 0.3 is 0 Å². The smallest absolute Gasteiger partial charge is 0.249 e. The summed E-state index contributed by atoms with van der Waals surface area (Å²) in [7, 11) is 0. The predicted octanol–water partition coefficient (Wildman–Crippen LogP) is 2.78. The molecule has 0 fully saturated rings. The average molecular weight is 254 g/mol. The third-order valence-corrected chi connectivity index (χ3v) is 2.88. The van der Waals surface area contributed by atoms with Crippen LogP contribution in [0.25, 0.3) is 6.08 Å². The molecule has 1 N–H and O–H groups in total. The maximum Gasteiger partial charge on any atom is 0.249 e. The van der Waals surface area contributed by atoms with Crippen LogP contribution in [0.5, 0.6) is 0 Å². The van der Waals surface area contributed by atoms with Gasteiger partial charge in [0.15, 0.2) is 5.01 Å². The number of carbonyl (C=O) groups is 1. The molecule has 1 amide bonds. The summed E-state index contributed by atoms with van der Waals surface area (Å²) in [6.07, 6.45) is 8.40. The number of terminal acetylenes is 1. The lowest BCUT2D eigenvalue weighted by Gasteiger charge is -1.95. The van der Waals surface area contributed by atoms with Crippen LogP contribution in [0.3, 0.4) is 0 Å². The Kier molecular flexibility index (Phi) is 3.90. The second kappa shape index (κ2) is 5.80. The van der Waals surface area contributed by atoms with Gasteiger partial charge in [0.25, 0.3) is 0 Å². The molecule has 2 rings (SSSR count). The second-order valence-corrected chi connectivity index (χ2v) is 4.27. The highest BCUT2D eigenvalue weighted by Gasteiger charge is 2.01. The number of hydrogen-bond donors (Lipinski definition) is 1. The second-order valence-electron chi connectivity index (χ2n) is 3.42. The van der Waals surface area contributed by atoms with Gasteiger partial charge in [0.05, 0.1) is 0 Å². The van der Waals surface area contributed by atoms with Gasteiger partial charge in [0, 0.05) is 11.5 Å². The Labute approximate surface area is 109 Å². The molecule has 0 saturated carbocycles. The normalized spacial score (nSPS) is 10.2. The average Bonchev–Trinajstić information content (AvgIpc) is 2.85. The molecule has 0 spiro atoms. The summed E-state index contributed by atoms with van der Waals surface area (Å²) in [5.74, 6) is 2.67. The molecule has 0 unspecified atom stereocenters. The number of rotatable bonds is 3. The van der Waals surface area contributed by atoms with E-state index >= 15 is 0 Å². The maximum atomic E-state index is 11.6. The number of thiazole rings is 1. The van der Waals surface area contributed by atoms with Gasteiger partial charge in [-0.25, -0.2) is 4.98 Å². The van der Waals surface area contributed by atoms with Crippen LogP contribution in [0.4, 0.5) is 5.82 Å². The van der Waals surface area contributed by atoms with Crippen molar-refractivity contribution in [1.82, 2.24) is 4.98 Å².